The average molecular weight is 957 g/mol. The molecule has 0 unspecified atom stereocenters. The Morgan fingerprint density at radius 2 is 1.46 bits per heavy atom. The smallest absolute Gasteiger partial charge is 0.421 e. The summed E-state index contributed by atoms with van der Waals surface area (Å²) in [5, 5.41) is 45.0. The molecule has 3 heterocycles. The second kappa shape index (κ2) is 20.8. The highest BCUT2D eigenvalue weighted by molar-refractivity contribution is 6.23. The Hall–Kier alpha value is -8.20. The first-order valence-corrected chi connectivity index (χ1v) is 23.0. The molecule has 7 atom stereocenters. The van der Waals surface area contributed by atoms with E-state index < -0.39 is 77.1 Å². The molecule has 360 valence electrons. The van der Waals surface area contributed by atoms with E-state index in [0.29, 0.717) is 39.1 Å². The minimum Gasteiger partial charge on any atom is -0.491 e. The van der Waals surface area contributed by atoms with Crippen LogP contribution >= 0.6 is 0 Å². The summed E-state index contributed by atoms with van der Waals surface area (Å²) in [6.07, 6.45) is -3.22. The van der Waals surface area contributed by atoms with Crippen LogP contribution in [0.4, 0.5) is 16.2 Å². The van der Waals surface area contributed by atoms with Crippen molar-refractivity contribution >= 4 is 35.3 Å². The van der Waals surface area contributed by atoms with Gasteiger partial charge in [0.2, 0.25) is 11.8 Å². The number of esters is 1. The van der Waals surface area contributed by atoms with Gasteiger partial charge in [0.1, 0.15) is 36.5 Å². The summed E-state index contributed by atoms with van der Waals surface area (Å²) in [7, 11) is 0. The number of nitro benzene ring substituents is 1. The van der Waals surface area contributed by atoms with Gasteiger partial charge < -0.3 is 34.8 Å². The van der Waals surface area contributed by atoms with Crippen molar-refractivity contribution in [2.45, 2.75) is 48.8 Å². The Morgan fingerprint density at radius 1 is 0.803 bits per heavy atom. The van der Waals surface area contributed by atoms with Gasteiger partial charge in [-0.25, -0.2) is 9.69 Å². The molecule has 6 aromatic rings. The molecule has 3 aliphatic rings. The summed E-state index contributed by atoms with van der Waals surface area (Å²) in [5.74, 6) is 2.10. The van der Waals surface area contributed by atoms with Crippen molar-refractivity contribution in [1.82, 2.24) is 10.2 Å². The summed E-state index contributed by atoms with van der Waals surface area (Å²) >= 11 is 0. The number of imide groups is 1. The number of rotatable bonds is 14. The number of non-ortho nitro benzene ring substituents is 1. The molecule has 0 bridgehead atoms. The third kappa shape index (κ3) is 9.10. The number of morpholine rings is 1. The van der Waals surface area contributed by atoms with Crippen LogP contribution in [0.2, 0.25) is 0 Å². The van der Waals surface area contributed by atoms with Crippen molar-refractivity contribution in [3.8, 4) is 17.6 Å². The largest absolute Gasteiger partial charge is 0.491 e. The summed E-state index contributed by atoms with van der Waals surface area (Å²) < 4.78 is 18.1. The predicted octanol–water partition coefficient (Wildman–Crippen LogP) is 6.55. The number of amides is 3. The van der Waals surface area contributed by atoms with E-state index >= 15 is 14.4 Å². The molecule has 0 saturated carbocycles. The predicted molar refractivity (Wildman–Crippen MR) is 257 cm³/mol. The molecule has 6 aromatic carbocycles. The van der Waals surface area contributed by atoms with Gasteiger partial charge in [0.25, 0.3) is 5.69 Å². The number of carbonyl (C=O) groups excluding carboxylic acids is 4. The molecule has 2 saturated heterocycles. The van der Waals surface area contributed by atoms with E-state index in [1.54, 1.807) is 66.7 Å². The molecule has 3 amide bonds. The fourth-order valence-corrected chi connectivity index (χ4v) is 10.1. The maximum absolute atomic E-state index is 16.5. The highest BCUT2D eigenvalue weighted by Gasteiger charge is 2.75. The van der Waals surface area contributed by atoms with Crippen molar-refractivity contribution in [3.05, 3.63) is 207 Å². The highest BCUT2D eigenvalue weighted by Crippen LogP contribution is 2.66. The summed E-state index contributed by atoms with van der Waals surface area (Å²) in [5.41, 5.74) is 0.820. The zero-order chi connectivity index (χ0) is 49.6. The van der Waals surface area contributed by atoms with Crippen LogP contribution in [0.3, 0.4) is 0 Å². The Bertz CT molecular complexity index is 2980. The van der Waals surface area contributed by atoms with Crippen molar-refractivity contribution in [1.29, 1.82) is 0 Å². The Kier molecular flexibility index (Phi) is 14.0. The van der Waals surface area contributed by atoms with Gasteiger partial charge in [-0.2, -0.15) is 0 Å². The van der Waals surface area contributed by atoms with Crippen molar-refractivity contribution in [2.75, 3.05) is 31.3 Å². The Labute approximate surface area is 408 Å². The van der Waals surface area contributed by atoms with Gasteiger partial charge in [-0.3, -0.25) is 29.4 Å². The average Bonchev–Trinajstić information content (AvgIpc) is 3.86. The van der Waals surface area contributed by atoms with Crippen LogP contribution in [0, 0.1) is 27.9 Å². The number of cyclic esters (lactones) is 1. The number of anilines is 1. The molecule has 0 aliphatic carbocycles. The lowest BCUT2D eigenvalue weighted by atomic mass is 9.65. The molecule has 0 radical (unpaired) electrons. The van der Waals surface area contributed by atoms with Gasteiger partial charge in [-0.1, -0.05) is 115 Å². The second-order valence-electron chi connectivity index (χ2n) is 17.2. The number of nitro groups is 1. The quantitative estimate of drug-likeness (QED) is 0.0395. The monoisotopic (exact) mass is 956 g/mol. The Morgan fingerprint density at radius 3 is 2.11 bits per heavy atom. The first kappa shape index (κ1) is 47.8. The molecule has 1 spiro atoms. The van der Waals surface area contributed by atoms with E-state index in [-0.39, 0.29) is 49.7 Å². The molecule has 71 heavy (non-hydrogen) atoms. The van der Waals surface area contributed by atoms with Crippen LogP contribution in [-0.2, 0) is 35.9 Å². The number of fused-ring (bicyclic) bond motifs is 3. The molecule has 16 nitrogen and oxygen atoms in total. The number of nitrogens with zero attached hydrogens (tertiary/aromatic N) is 3. The van der Waals surface area contributed by atoms with E-state index in [1.807, 2.05) is 65.6 Å². The number of nitrogens with one attached hydrogen (secondary N) is 1. The number of aliphatic hydroxyl groups is 3. The zero-order valence-corrected chi connectivity index (χ0v) is 38.1. The molecule has 9 rings (SSSR count). The van der Waals surface area contributed by atoms with Crippen LogP contribution in [0.15, 0.2) is 158 Å². The number of carbonyl (C=O) groups is 4. The van der Waals surface area contributed by atoms with Crippen LogP contribution in [0.25, 0.3) is 0 Å². The van der Waals surface area contributed by atoms with E-state index in [4.69, 9.17) is 14.2 Å². The maximum atomic E-state index is 16.5. The maximum Gasteiger partial charge on any atom is 0.421 e. The fourth-order valence-electron chi connectivity index (χ4n) is 10.1. The van der Waals surface area contributed by atoms with E-state index in [0.717, 1.165) is 4.90 Å². The van der Waals surface area contributed by atoms with E-state index in [1.165, 1.54) is 30.3 Å². The molecular formula is C55H48N4O12. The lowest BCUT2D eigenvalue weighted by Gasteiger charge is -2.46. The normalized spacial score (nSPS) is 21.6. The van der Waals surface area contributed by atoms with Crippen LogP contribution < -0.4 is 15.0 Å². The highest BCUT2D eigenvalue weighted by atomic mass is 16.6. The second-order valence-corrected chi connectivity index (χ2v) is 17.2. The van der Waals surface area contributed by atoms with Gasteiger partial charge in [0, 0.05) is 30.7 Å². The van der Waals surface area contributed by atoms with Gasteiger partial charge >= 0.3 is 12.1 Å². The third-order valence-corrected chi connectivity index (χ3v) is 13.1. The zero-order valence-electron chi connectivity index (χ0n) is 38.1. The Balaban J connectivity index is 1.29. The van der Waals surface area contributed by atoms with Gasteiger partial charge in [-0.15, -0.1) is 0 Å². The standard InChI is InChI=1S/C55H48N4O12/c60-29-11-10-12-35-21-28-44-43(32-35)55(53(65)57(44)54(66)70-34-36-19-24-41(25-20-36)59(67)68)46(51(63)56-33-45(62)37-13-4-1-5-14-37)48-52(64)71-49(39-17-8-3-9-18-39)47(38-15-6-2-7-16-38)58(48)50(55)40-22-26-42(27-23-40)69-31-30-61/h1-9,13-28,32,45-50,60-62H,11,29-31,33-34H2,(H,56,63)/t45-,46+,47+,48+,49-,50-,55+/m0/s1. The number of benzene rings is 6. The summed E-state index contributed by atoms with van der Waals surface area (Å²) in [6, 6.07) is 40.2. The van der Waals surface area contributed by atoms with Crippen LogP contribution in [-0.4, -0.2) is 81.4 Å². The van der Waals surface area contributed by atoms with Crippen molar-refractivity contribution < 1.29 is 53.6 Å². The number of ether oxygens (including phenoxy) is 3. The van der Waals surface area contributed by atoms with Crippen molar-refractivity contribution in [2.24, 2.45) is 5.92 Å². The molecule has 2 fully saturated rings. The first-order valence-electron chi connectivity index (χ1n) is 23.0. The molecule has 16 heteroatoms. The van der Waals surface area contributed by atoms with Crippen LogP contribution in [0.5, 0.6) is 5.75 Å². The van der Waals surface area contributed by atoms with E-state index in [2.05, 4.69) is 17.2 Å². The van der Waals surface area contributed by atoms with Crippen LogP contribution in [0.1, 0.15) is 69.7 Å². The number of aliphatic hydroxyl groups excluding tert-OH is 3. The fraction of sp³-hybridized carbons (Fsp3) is 0.236. The summed E-state index contributed by atoms with van der Waals surface area (Å²) in [6.45, 7) is -1.23. The lowest BCUT2D eigenvalue weighted by Crippen LogP contribution is -2.56. The minimum absolute atomic E-state index is 0.0123. The summed E-state index contributed by atoms with van der Waals surface area (Å²) in [4.78, 5) is 75.9. The van der Waals surface area contributed by atoms with Gasteiger partial charge in [0.05, 0.1) is 47.9 Å². The minimum atomic E-state index is -2.19. The molecule has 0 aromatic heterocycles. The number of hydrogen-bond acceptors (Lipinski definition) is 13. The van der Waals surface area contributed by atoms with E-state index in [9.17, 15) is 30.2 Å². The number of hydrogen-bond donors (Lipinski definition) is 4. The van der Waals surface area contributed by atoms with Crippen molar-refractivity contribution in [3.63, 3.8) is 0 Å². The SMILES string of the molecule is O=C1O[C@@H](c2ccccc2)[C@@H](c2ccccc2)N2[C@@H](c3ccc(OCCO)cc3)[C@]3(C(=O)N(C(=O)OCc4ccc([N+](=O)[O-])cc4)c4ccc(C#CCCO)cc43)[C@@H](C(=O)NC[C@H](O)c3ccccc3)[C@H]12. The molecule has 3 aliphatic heterocycles. The van der Waals surface area contributed by atoms with Gasteiger partial charge in [0.15, 0.2) is 0 Å². The lowest BCUT2D eigenvalue weighted by molar-refractivity contribution is -0.384. The molecule has 4 N–H and O–H groups in total. The van der Waals surface area contributed by atoms with Gasteiger partial charge in [-0.05, 0) is 75.8 Å². The molecular weight excluding hydrogens is 909 g/mol. The first-order chi connectivity index (χ1) is 34.6. The topological polar surface area (TPSA) is 218 Å². The third-order valence-electron chi connectivity index (χ3n) is 13.1.